The van der Waals surface area contributed by atoms with Crippen molar-refractivity contribution in [1.82, 2.24) is 5.32 Å². The molecule has 1 atom stereocenters. The van der Waals surface area contributed by atoms with Gasteiger partial charge in [-0.05, 0) is 55.5 Å². The Hall–Kier alpha value is -1.03. The predicted molar refractivity (Wildman–Crippen MR) is 79.2 cm³/mol. The molecule has 1 aromatic carbocycles. The van der Waals surface area contributed by atoms with Crippen LogP contribution in [0.25, 0.3) is 0 Å². The Balaban J connectivity index is 2.46. The summed E-state index contributed by atoms with van der Waals surface area (Å²) >= 11 is 0. The molecule has 2 rings (SSSR count). The van der Waals surface area contributed by atoms with Crippen molar-refractivity contribution in [3.05, 3.63) is 34.9 Å². The quantitative estimate of drug-likeness (QED) is 0.807. The van der Waals surface area contributed by atoms with Gasteiger partial charge in [0.1, 0.15) is 0 Å². The molecule has 1 nitrogen and oxygen atoms in total. The van der Waals surface area contributed by atoms with E-state index < -0.39 is 11.7 Å². The number of halogens is 3. The van der Waals surface area contributed by atoms with Gasteiger partial charge in [-0.25, -0.2) is 0 Å². The summed E-state index contributed by atoms with van der Waals surface area (Å²) in [7, 11) is 0. The molecule has 0 spiro atoms. The molecular weight excluding hydrogens is 275 g/mol. The van der Waals surface area contributed by atoms with Crippen LogP contribution in [0.2, 0.25) is 0 Å². The monoisotopic (exact) mass is 299 g/mol. The van der Waals surface area contributed by atoms with Crippen molar-refractivity contribution < 1.29 is 13.2 Å². The van der Waals surface area contributed by atoms with E-state index in [1.165, 1.54) is 18.6 Å². The van der Waals surface area contributed by atoms with Crippen LogP contribution in [-0.4, -0.2) is 6.54 Å². The number of aryl methyl sites for hydroxylation is 1. The van der Waals surface area contributed by atoms with E-state index in [1.807, 2.05) is 0 Å². The molecule has 1 N–H and O–H groups in total. The highest BCUT2D eigenvalue weighted by molar-refractivity contribution is 5.38. The molecule has 1 fully saturated rings. The van der Waals surface area contributed by atoms with Gasteiger partial charge in [-0.15, -0.1) is 0 Å². The van der Waals surface area contributed by atoms with Gasteiger partial charge in [0.05, 0.1) is 5.56 Å². The normalized spacial score (nSPS) is 24.1. The standard InChI is InChI=1S/C17H24F3N/c1-12(2)16(9-5-4-6-10-21-16)15-8-7-14(11-13(15)3)17(18,19)20/h7-8,11-12,21H,4-6,9-10H2,1-3H3. The molecular formula is C17H24F3N. The zero-order chi connectivity index (χ0) is 15.7. The maximum absolute atomic E-state index is 12.8. The maximum Gasteiger partial charge on any atom is 0.416 e. The van der Waals surface area contributed by atoms with E-state index in [-0.39, 0.29) is 5.54 Å². The summed E-state index contributed by atoms with van der Waals surface area (Å²) in [5.74, 6) is 0.339. The summed E-state index contributed by atoms with van der Waals surface area (Å²) in [4.78, 5) is 0. The van der Waals surface area contributed by atoms with Crippen molar-refractivity contribution in [1.29, 1.82) is 0 Å². The molecule has 0 amide bonds. The van der Waals surface area contributed by atoms with Crippen molar-refractivity contribution in [2.75, 3.05) is 6.54 Å². The summed E-state index contributed by atoms with van der Waals surface area (Å²) in [5, 5.41) is 3.63. The zero-order valence-corrected chi connectivity index (χ0v) is 13.0. The first-order chi connectivity index (χ1) is 9.77. The van der Waals surface area contributed by atoms with E-state index in [0.717, 1.165) is 36.9 Å². The van der Waals surface area contributed by atoms with Crippen molar-refractivity contribution in [2.45, 2.75) is 58.2 Å². The van der Waals surface area contributed by atoms with Crippen LogP contribution in [-0.2, 0) is 11.7 Å². The third-order valence-electron chi connectivity index (χ3n) is 4.71. The van der Waals surface area contributed by atoms with Crippen LogP contribution in [0.3, 0.4) is 0 Å². The maximum atomic E-state index is 12.8. The van der Waals surface area contributed by atoms with Gasteiger partial charge in [-0.1, -0.05) is 32.8 Å². The molecule has 0 aliphatic carbocycles. The van der Waals surface area contributed by atoms with Crippen LogP contribution in [0.5, 0.6) is 0 Å². The van der Waals surface area contributed by atoms with Gasteiger partial charge >= 0.3 is 6.18 Å². The summed E-state index contributed by atoms with van der Waals surface area (Å²) in [6, 6.07) is 4.18. The van der Waals surface area contributed by atoms with Crippen LogP contribution in [0.15, 0.2) is 18.2 Å². The minimum atomic E-state index is -4.27. The summed E-state index contributed by atoms with van der Waals surface area (Å²) < 4.78 is 38.5. The van der Waals surface area contributed by atoms with Gasteiger partial charge in [-0.3, -0.25) is 0 Å². The van der Waals surface area contributed by atoms with Gasteiger partial charge in [0.25, 0.3) is 0 Å². The molecule has 1 aliphatic heterocycles. The molecule has 0 saturated carbocycles. The lowest BCUT2D eigenvalue weighted by atomic mass is 9.74. The fourth-order valence-electron chi connectivity index (χ4n) is 3.48. The summed E-state index contributed by atoms with van der Waals surface area (Å²) in [5.41, 5.74) is 0.988. The zero-order valence-electron chi connectivity index (χ0n) is 13.0. The second kappa shape index (κ2) is 5.99. The molecule has 1 saturated heterocycles. The van der Waals surface area contributed by atoms with E-state index >= 15 is 0 Å². The molecule has 4 heteroatoms. The Morgan fingerprint density at radius 3 is 2.43 bits per heavy atom. The molecule has 0 aromatic heterocycles. The van der Waals surface area contributed by atoms with E-state index in [1.54, 1.807) is 13.0 Å². The highest BCUT2D eigenvalue weighted by atomic mass is 19.4. The van der Waals surface area contributed by atoms with Crippen LogP contribution in [0, 0.1) is 12.8 Å². The fraction of sp³-hybridized carbons (Fsp3) is 0.647. The van der Waals surface area contributed by atoms with E-state index in [9.17, 15) is 13.2 Å². The number of benzene rings is 1. The van der Waals surface area contributed by atoms with Gasteiger partial charge in [0.15, 0.2) is 0 Å². The second-order valence-electron chi connectivity index (χ2n) is 6.39. The van der Waals surface area contributed by atoms with Crippen LogP contribution >= 0.6 is 0 Å². The molecule has 21 heavy (non-hydrogen) atoms. The molecule has 1 aromatic rings. The molecule has 1 aliphatic rings. The number of rotatable bonds is 2. The van der Waals surface area contributed by atoms with Crippen molar-refractivity contribution in [3.63, 3.8) is 0 Å². The van der Waals surface area contributed by atoms with Crippen molar-refractivity contribution in [2.24, 2.45) is 5.92 Å². The van der Waals surface area contributed by atoms with Gasteiger partial charge < -0.3 is 5.32 Å². The molecule has 0 bridgehead atoms. The van der Waals surface area contributed by atoms with Gasteiger partial charge in [0.2, 0.25) is 0 Å². The third-order valence-corrected chi connectivity index (χ3v) is 4.71. The molecule has 1 unspecified atom stereocenters. The first kappa shape index (κ1) is 16.3. The topological polar surface area (TPSA) is 12.0 Å². The number of nitrogens with one attached hydrogen (secondary N) is 1. The summed E-state index contributed by atoms with van der Waals surface area (Å²) in [6.45, 7) is 7.02. The second-order valence-corrected chi connectivity index (χ2v) is 6.39. The fourth-order valence-corrected chi connectivity index (χ4v) is 3.48. The average molecular weight is 299 g/mol. The average Bonchev–Trinajstić information content (AvgIpc) is 2.64. The SMILES string of the molecule is Cc1cc(C(F)(F)F)ccc1C1(C(C)C)CCCCCN1. The molecule has 118 valence electrons. The van der Waals surface area contributed by atoms with Gasteiger partial charge in [0, 0.05) is 5.54 Å². The Kier molecular flexibility index (Phi) is 4.66. The van der Waals surface area contributed by atoms with Crippen LogP contribution < -0.4 is 5.32 Å². The smallest absolute Gasteiger partial charge is 0.307 e. The molecule has 0 radical (unpaired) electrons. The number of alkyl halides is 3. The lowest BCUT2D eigenvalue weighted by molar-refractivity contribution is -0.137. The van der Waals surface area contributed by atoms with Gasteiger partial charge in [-0.2, -0.15) is 13.2 Å². The Labute approximate surface area is 124 Å². The Bertz CT molecular complexity index is 483. The highest BCUT2D eigenvalue weighted by Gasteiger charge is 2.38. The Morgan fingerprint density at radius 1 is 1.14 bits per heavy atom. The van der Waals surface area contributed by atoms with Crippen molar-refractivity contribution >= 4 is 0 Å². The minimum absolute atomic E-state index is 0.204. The largest absolute Gasteiger partial charge is 0.416 e. The number of hydrogen-bond donors (Lipinski definition) is 1. The van der Waals surface area contributed by atoms with E-state index in [0.29, 0.717) is 5.92 Å². The highest BCUT2D eigenvalue weighted by Crippen LogP contribution is 2.40. The molecule has 1 heterocycles. The summed E-state index contributed by atoms with van der Waals surface area (Å²) in [6.07, 6.45) is 0.142. The lowest BCUT2D eigenvalue weighted by Crippen LogP contribution is -2.46. The first-order valence-electron chi connectivity index (χ1n) is 7.71. The van der Waals surface area contributed by atoms with Crippen molar-refractivity contribution in [3.8, 4) is 0 Å². The Morgan fingerprint density at radius 2 is 1.86 bits per heavy atom. The van der Waals surface area contributed by atoms with E-state index in [4.69, 9.17) is 0 Å². The van der Waals surface area contributed by atoms with E-state index in [2.05, 4.69) is 19.2 Å². The lowest BCUT2D eigenvalue weighted by Gasteiger charge is -2.40. The number of hydrogen-bond acceptors (Lipinski definition) is 1. The first-order valence-corrected chi connectivity index (χ1v) is 7.71. The van der Waals surface area contributed by atoms with Crippen LogP contribution in [0.4, 0.5) is 13.2 Å². The third kappa shape index (κ3) is 3.25. The van der Waals surface area contributed by atoms with Crippen LogP contribution in [0.1, 0.15) is 56.2 Å². The minimum Gasteiger partial charge on any atom is -0.307 e. The predicted octanol–water partition coefficient (Wildman–Crippen LogP) is 5.03.